The molecule has 7 heteroatoms. The van der Waals surface area contributed by atoms with Crippen molar-refractivity contribution in [3.8, 4) is 0 Å². The van der Waals surface area contributed by atoms with Crippen LogP contribution < -0.4 is 5.32 Å². The Morgan fingerprint density at radius 1 is 1.25 bits per heavy atom. The molecule has 1 N–H and O–H groups in total. The molecule has 24 heavy (non-hydrogen) atoms. The van der Waals surface area contributed by atoms with Crippen LogP contribution in [0.1, 0.15) is 31.1 Å². The Morgan fingerprint density at radius 3 is 2.92 bits per heavy atom. The van der Waals surface area contributed by atoms with Crippen molar-refractivity contribution in [1.29, 1.82) is 0 Å². The van der Waals surface area contributed by atoms with E-state index in [-0.39, 0.29) is 6.04 Å². The van der Waals surface area contributed by atoms with Gasteiger partial charge >= 0.3 is 0 Å². The second kappa shape index (κ2) is 6.60. The molecule has 4 rings (SSSR count). The van der Waals surface area contributed by atoms with Crippen molar-refractivity contribution >= 4 is 16.9 Å². The normalized spacial score (nSPS) is 17.2. The molecule has 0 aromatic carbocycles. The van der Waals surface area contributed by atoms with E-state index in [1.807, 2.05) is 13.1 Å². The SMILES string of the molecule is Cn1ncc2c(NC[C@H](c3ccco3)N3CCCCC3)ncnc21. The van der Waals surface area contributed by atoms with E-state index in [0.29, 0.717) is 0 Å². The Bertz CT molecular complexity index is 791. The standard InChI is InChI=1S/C17H22N6O/c1-22-17-13(10-21-22)16(19-12-20-17)18-11-14(15-6-5-9-24-15)23-7-3-2-4-8-23/h5-6,9-10,12,14H,2-4,7-8,11H2,1H3,(H,18,19,20)/t14-/m1/s1. The molecule has 0 aliphatic carbocycles. The first-order valence-corrected chi connectivity index (χ1v) is 8.47. The summed E-state index contributed by atoms with van der Waals surface area (Å²) in [6.45, 7) is 2.97. The average Bonchev–Trinajstić information content (AvgIpc) is 3.27. The van der Waals surface area contributed by atoms with Crippen LogP contribution >= 0.6 is 0 Å². The van der Waals surface area contributed by atoms with Crippen LogP contribution in [0.15, 0.2) is 35.3 Å². The second-order valence-electron chi connectivity index (χ2n) is 6.24. The molecular formula is C17H22N6O. The van der Waals surface area contributed by atoms with Crippen LogP contribution in [-0.4, -0.2) is 44.3 Å². The summed E-state index contributed by atoms with van der Waals surface area (Å²) in [5, 5.41) is 8.69. The fraction of sp³-hybridized carbons (Fsp3) is 0.471. The van der Waals surface area contributed by atoms with Crippen LogP contribution in [0.25, 0.3) is 11.0 Å². The lowest BCUT2D eigenvalue weighted by molar-refractivity contribution is 0.153. The molecule has 1 fully saturated rings. The number of anilines is 1. The van der Waals surface area contributed by atoms with Crippen LogP contribution in [0.2, 0.25) is 0 Å². The summed E-state index contributed by atoms with van der Waals surface area (Å²) in [6, 6.07) is 4.22. The van der Waals surface area contributed by atoms with Gasteiger partial charge in [0.15, 0.2) is 5.65 Å². The fourth-order valence-electron chi connectivity index (χ4n) is 3.42. The van der Waals surface area contributed by atoms with Crippen LogP contribution in [0, 0.1) is 0 Å². The highest BCUT2D eigenvalue weighted by molar-refractivity contribution is 5.85. The quantitative estimate of drug-likeness (QED) is 0.777. The minimum Gasteiger partial charge on any atom is -0.468 e. The summed E-state index contributed by atoms with van der Waals surface area (Å²) in [5.74, 6) is 1.82. The minimum absolute atomic E-state index is 0.210. The Labute approximate surface area is 140 Å². The van der Waals surface area contributed by atoms with Crippen molar-refractivity contribution in [3.05, 3.63) is 36.7 Å². The van der Waals surface area contributed by atoms with Gasteiger partial charge in [0.1, 0.15) is 17.9 Å². The van der Waals surface area contributed by atoms with Gasteiger partial charge in [-0.05, 0) is 38.1 Å². The van der Waals surface area contributed by atoms with Crippen molar-refractivity contribution in [3.63, 3.8) is 0 Å². The zero-order valence-electron chi connectivity index (χ0n) is 13.9. The van der Waals surface area contributed by atoms with Crippen LogP contribution in [0.3, 0.4) is 0 Å². The zero-order valence-corrected chi connectivity index (χ0v) is 13.9. The van der Waals surface area contributed by atoms with Crippen LogP contribution in [0.4, 0.5) is 5.82 Å². The highest BCUT2D eigenvalue weighted by Gasteiger charge is 2.24. The van der Waals surface area contributed by atoms with Gasteiger partial charge in [0.05, 0.1) is 23.9 Å². The van der Waals surface area contributed by atoms with Gasteiger partial charge in [0.25, 0.3) is 0 Å². The first-order chi connectivity index (χ1) is 11.8. The van der Waals surface area contributed by atoms with E-state index in [2.05, 4.69) is 31.3 Å². The number of likely N-dealkylation sites (tertiary alicyclic amines) is 1. The molecule has 0 amide bonds. The van der Waals surface area contributed by atoms with Crippen molar-refractivity contribution in [1.82, 2.24) is 24.6 Å². The predicted octanol–water partition coefficient (Wildman–Crippen LogP) is 2.60. The number of furan rings is 1. The van der Waals surface area contributed by atoms with Crippen molar-refractivity contribution in [2.45, 2.75) is 25.3 Å². The van der Waals surface area contributed by atoms with E-state index in [1.54, 1.807) is 23.5 Å². The van der Waals surface area contributed by atoms with E-state index >= 15 is 0 Å². The fourth-order valence-corrected chi connectivity index (χ4v) is 3.42. The Kier molecular flexibility index (Phi) is 4.17. The number of piperidine rings is 1. The molecule has 0 unspecified atom stereocenters. The molecule has 0 bridgehead atoms. The zero-order chi connectivity index (χ0) is 16.4. The van der Waals surface area contributed by atoms with Gasteiger partial charge in [-0.3, -0.25) is 9.58 Å². The van der Waals surface area contributed by atoms with E-state index in [1.165, 1.54) is 19.3 Å². The minimum atomic E-state index is 0.210. The Morgan fingerprint density at radius 2 is 2.12 bits per heavy atom. The summed E-state index contributed by atoms with van der Waals surface area (Å²) in [6.07, 6.45) is 8.94. The van der Waals surface area contributed by atoms with Crippen LogP contribution in [-0.2, 0) is 7.05 Å². The Hall–Kier alpha value is -2.41. The topological polar surface area (TPSA) is 72.0 Å². The molecule has 3 aromatic heterocycles. The second-order valence-corrected chi connectivity index (χ2v) is 6.24. The largest absolute Gasteiger partial charge is 0.468 e. The van der Waals surface area contributed by atoms with E-state index in [0.717, 1.165) is 42.2 Å². The van der Waals surface area contributed by atoms with Gasteiger partial charge in [-0.1, -0.05) is 6.42 Å². The molecule has 4 heterocycles. The number of hydrogen-bond donors (Lipinski definition) is 1. The highest BCUT2D eigenvalue weighted by Crippen LogP contribution is 2.26. The van der Waals surface area contributed by atoms with E-state index in [9.17, 15) is 0 Å². The molecule has 1 atom stereocenters. The third-order valence-corrected chi connectivity index (χ3v) is 4.70. The third-order valence-electron chi connectivity index (χ3n) is 4.70. The molecule has 1 saturated heterocycles. The maximum Gasteiger partial charge on any atom is 0.163 e. The number of hydrogen-bond acceptors (Lipinski definition) is 6. The van der Waals surface area contributed by atoms with Crippen molar-refractivity contribution < 1.29 is 4.42 Å². The molecule has 1 aliphatic rings. The summed E-state index contributed by atoms with van der Waals surface area (Å²) in [7, 11) is 1.89. The molecule has 0 spiro atoms. The first kappa shape index (κ1) is 15.1. The summed E-state index contributed by atoms with van der Waals surface area (Å²) in [4.78, 5) is 11.2. The highest BCUT2D eigenvalue weighted by atomic mass is 16.3. The monoisotopic (exact) mass is 326 g/mol. The summed E-state index contributed by atoms with van der Waals surface area (Å²) in [5.41, 5.74) is 0.833. The van der Waals surface area contributed by atoms with Gasteiger partial charge in [-0.25, -0.2) is 9.97 Å². The van der Waals surface area contributed by atoms with Gasteiger partial charge in [0.2, 0.25) is 0 Å². The Balaban J connectivity index is 1.56. The molecule has 0 saturated carbocycles. The third kappa shape index (κ3) is 2.87. The van der Waals surface area contributed by atoms with Gasteiger partial charge in [-0.15, -0.1) is 0 Å². The lowest BCUT2D eigenvalue weighted by Crippen LogP contribution is -2.37. The van der Waals surface area contributed by atoms with Crippen LogP contribution in [0.5, 0.6) is 0 Å². The number of nitrogens with zero attached hydrogens (tertiary/aromatic N) is 5. The first-order valence-electron chi connectivity index (χ1n) is 8.47. The number of aromatic nitrogens is 4. The molecule has 3 aromatic rings. The average molecular weight is 326 g/mol. The number of rotatable bonds is 5. The number of aryl methyl sites for hydroxylation is 1. The molecule has 0 radical (unpaired) electrons. The maximum atomic E-state index is 5.70. The van der Waals surface area contributed by atoms with Gasteiger partial charge in [-0.2, -0.15) is 5.10 Å². The lowest BCUT2D eigenvalue weighted by Gasteiger charge is -2.33. The molecule has 1 aliphatic heterocycles. The number of nitrogens with one attached hydrogen (secondary N) is 1. The molecule has 126 valence electrons. The predicted molar refractivity (Wildman–Crippen MR) is 91.7 cm³/mol. The van der Waals surface area contributed by atoms with E-state index < -0.39 is 0 Å². The lowest BCUT2D eigenvalue weighted by atomic mass is 10.1. The van der Waals surface area contributed by atoms with Gasteiger partial charge in [0, 0.05) is 13.6 Å². The smallest absolute Gasteiger partial charge is 0.163 e. The maximum absolute atomic E-state index is 5.70. The molecule has 7 nitrogen and oxygen atoms in total. The van der Waals surface area contributed by atoms with E-state index in [4.69, 9.17) is 4.42 Å². The number of fused-ring (bicyclic) bond motifs is 1. The summed E-state index contributed by atoms with van der Waals surface area (Å²) >= 11 is 0. The van der Waals surface area contributed by atoms with Crippen molar-refractivity contribution in [2.24, 2.45) is 7.05 Å². The molecular weight excluding hydrogens is 304 g/mol. The van der Waals surface area contributed by atoms with Gasteiger partial charge < -0.3 is 9.73 Å². The van der Waals surface area contributed by atoms with Crippen molar-refractivity contribution in [2.75, 3.05) is 25.0 Å². The summed E-state index contributed by atoms with van der Waals surface area (Å²) < 4.78 is 7.46.